The third kappa shape index (κ3) is 3.04. The number of anilines is 3. The summed E-state index contributed by atoms with van der Waals surface area (Å²) in [5.41, 5.74) is 9.62. The molecule has 0 unspecified atom stereocenters. The average molecular weight is 386 g/mol. The fraction of sp³-hybridized carbons (Fsp3) is 0.143. The van der Waals surface area contributed by atoms with E-state index in [1.165, 1.54) is 0 Å². The maximum Gasteiger partial charge on any atom is 0.135 e. The standard InChI is InChI=1S/C14H14Br2N2O/c1-8-4-3-5-11(17)14(8)18-12-7-13(19-2)10(16)6-9(12)15/h3-7,18H,17H2,1-2H3. The first-order valence-corrected chi connectivity index (χ1v) is 7.26. The van der Waals surface area contributed by atoms with Crippen molar-refractivity contribution in [2.24, 2.45) is 0 Å². The molecular formula is C14H14Br2N2O. The van der Waals surface area contributed by atoms with Crippen LogP contribution in [0.5, 0.6) is 5.75 Å². The Morgan fingerprint density at radius 2 is 1.89 bits per heavy atom. The Labute approximate surface area is 129 Å². The predicted molar refractivity (Wildman–Crippen MR) is 87.3 cm³/mol. The van der Waals surface area contributed by atoms with E-state index in [0.29, 0.717) is 5.69 Å². The van der Waals surface area contributed by atoms with Crippen LogP contribution in [-0.4, -0.2) is 7.11 Å². The molecule has 0 bridgehead atoms. The quantitative estimate of drug-likeness (QED) is 0.742. The number of rotatable bonds is 3. The van der Waals surface area contributed by atoms with Crippen molar-refractivity contribution in [2.45, 2.75) is 6.92 Å². The van der Waals surface area contributed by atoms with Gasteiger partial charge in [0.2, 0.25) is 0 Å². The van der Waals surface area contributed by atoms with Crippen molar-refractivity contribution in [1.29, 1.82) is 0 Å². The summed E-state index contributed by atoms with van der Waals surface area (Å²) in [7, 11) is 1.64. The zero-order valence-electron chi connectivity index (χ0n) is 10.6. The van der Waals surface area contributed by atoms with E-state index in [9.17, 15) is 0 Å². The molecule has 0 aromatic heterocycles. The highest BCUT2D eigenvalue weighted by atomic mass is 79.9. The molecule has 0 amide bonds. The Balaban J connectivity index is 2.44. The highest BCUT2D eigenvalue weighted by Gasteiger charge is 2.10. The molecule has 2 aromatic carbocycles. The van der Waals surface area contributed by atoms with E-state index in [4.69, 9.17) is 10.5 Å². The van der Waals surface area contributed by atoms with Crippen molar-refractivity contribution >= 4 is 48.9 Å². The number of para-hydroxylation sites is 1. The molecule has 0 atom stereocenters. The van der Waals surface area contributed by atoms with Gasteiger partial charge in [0.1, 0.15) is 5.75 Å². The van der Waals surface area contributed by atoms with Gasteiger partial charge in [0.05, 0.1) is 28.6 Å². The zero-order chi connectivity index (χ0) is 14.0. The summed E-state index contributed by atoms with van der Waals surface area (Å²) >= 11 is 6.98. The summed E-state index contributed by atoms with van der Waals surface area (Å²) in [5.74, 6) is 0.762. The lowest BCUT2D eigenvalue weighted by Gasteiger charge is -2.15. The molecule has 2 aromatic rings. The molecule has 0 aliphatic heterocycles. The number of nitrogens with one attached hydrogen (secondary N) is 1. The van der Waals surface area contributed by atoms with Crippen LogP contribution in [0.15, 0.2) is 39.3 Å². The first-order valence-electron chi connectivity index (χ1n) is 5.68. The molecule has 0 radical (unpaired) electrons. The van der Waals surface area contributed by atoms with Gasteiger partial charge in [-0.3, -0.25) is 0 Å². The van der Waals surface area contributed by atoms with E-state index in [2.05, 4.69) is 37.2 Å². The van der Waals surface area contributed by atoms with E-state index in [0.717, 1.165) is 31.6 Å². The fourth-order valence-electron chi connectivity index (χ4n) is 1.78. The SMILES string of the molecule is COc1cc(Nc2c(C)cccc2N)c(Br)cc1Br. The molecule has 0 heterocycles. The molecule has 0 fully saturated rings. The fourth-order valence-corrected chi connectivity index (χ4v) is 3.03. The molecule has 3 nitrogen and oxygen atoms in total. The summed E-state index contributed by atoms with van der Waals surface area (Å²) in [5, 5.41) is 3.34. The molecule has 0 spiro atoms. The summed E-state index contributed by atoms with van der Waals surface area (Å²) in [6.07, 6.45) is 0. The van der Waals surface area contributed by atoms with Gasteiger partial charge in [0.15, 0.2) is 0 Å². The summed E-state index contributed by atoms with van der Waals surface area (Å²) in [6.45, 7) is 2.02. The maximum absolute atomic E-state index is 6.00. The minimum Gasteiger partial charge on any atom is -0.495 e. The minimum absolute atomic E-state index is 0.716. The molecule has 2 rings (SSSR count). The lowest BCUT2D eigenvalue weighted by molar-refractivity contribution is 0.412. The smallest absolute Gasteiger partial charge is 0.135 e. The molecular weight excluding hydrogens is 372 g/mol. The molecule has 3 N–H and O–H groups in total. The summed E-state index contributed by atoms with van der Waals surface area (Å²) in [6, 6.07) is 9.69. The highest BCUT2D eigenvalue weighted by Crippen LogP contribution is 2.37. The van der Waals surface area contributed by atoms with Crippen LogP contribution in [0.4, 0.5) is 17.1 Å². The largest absolute Gasteiger partial charge is 0.495 e. The topological polar surface area (TPSA) is 47.3 Å². The molecule has 19 heavy (non-hydrogen) atoms. The van der Waals surface area contributed by atoms with E-state index in [1.54, 1.807) is 7.11 Å². The zero-order valence-corrected chi connectivity index (χ0v) is 13.8. The Kier molecular flexibility index (Phi) is 4.37. The van der Waals surface area contributed by atoms with Crippen LogP contribution in [0.25, 0.3) is 0 Å². The molecule has 0 saturated heterocycles. The monoisotopic (exact) mass is 384 g/mol. The first kappa shape index (κ1) is 14.2. The second kappa shape index (κ2) is 5.84. The molecule has 100 valence electrons. The maximum atomic E-state index is 6.00. The van der Waals surface area contributed by atoms with Crippen LogP contribution in [0.1, 0.15) is 5.56 Å². The van der Waals surface area contributed by atoms with Crippen LogP contribution in [-0.2, 0) is 0 Å². The lowest BCUT2D eigenvalue weighted by atomic mass is 10.1. The van der Waals surface area contributed by atoms with Gasteiger partial charge in [-0.25, -0.2) is 0 Å². The Morgan fingerprint density at radius 3 is 2.53 bits per heavy atom. The number of nitrogen functional groups attached to an aromatic ring is 1. The lowest BCUT2D eigenvalue weighted by Crippen LogP contribution is -1.99. The highest BCUT2D eigenvalue weighted by molar-refractivity contribution is 9.11. The van der Waals surface area contributed by atoms with Crippen molar-refractivity contribution < 1.29 is 4.74 Å². The van der Waals surface area contributed by atoms with E-state index in [-0.39, 0.29) is 0 Å². The van der Waals surface area contributed by atoms with Crippen molar-refractivity contribution in [3.05, 3.63) is 44.8 Å². The van der Waals surface area contributed by atoms with E-state index >= 15 is 0 Å². The van der Waals surface area contributed by atoms with Crippen molar-refractivity contribution in [3.8, 4) is 5.75 Å². The molecule has 0 saturated carbocycles. The van der Waals surface area contributed by atoms with Gasteiger partial charge in [0.25, 0.3) is 0 Å². The normalized spacial score (nSPS) is 10.3. The Morgan fingerprint density at radius 1 is 1.16 bits per heavy atom. The van der Waals surface area contributed by atoms with Gasteiger partial charge in [-0.1, -0.05) is 12.1 Å². The number of methoxy groups -OCH3 is 1. The summed E-state index contributed by atoms with van der Waals surface area (Å²) in [4.78, 5) is 0. The van der Waals surface area contributed by atoms with Gasteiger partial charge in [-0.2, -0.15) is 0 Å². The minimum atomic E-state index is 0.716. The molecule has 0 aliphatic carbocycles. The Bertz CT molecular complexity index is 594. The Hall–Kier alpha value is -1.20. The number of hydrogen-bond donors (Lipinski definition) is 2. The molecule has 0 aliphatic rings. The van der Waals surface area contributed by atoms with Gasteiger partial charge in [-0.05, 0) is 56.5 Å². The van der Waals surface area contributed by atoms with Crippen molar-refractivity contribution in [2.75, 3.05) is 18.2 Å². The van der Waals surface area contributed by atoms with Crippen molar-refractivity contribution in [1.82, 2.24) is 0 Å². The second-order valence-electron chi connectivity index (χ2n) is 4.13. The van der Waals surface area contributed by atoms with Crippen LogP contribution in [0.3, 0.4) is 0 Å². The number of ether oxygens (including phenoxy) is 1. The van der Waals surface area contributed by atoms with Crippen LogP contribution in [0, 0.1) is 6.92 Å². The second-order valence-corrected chi connectivity index (χ2v) is 5.84. The van der Waals surface area contributed by atoms with Crippen LogP contribution >= 0.6 is 31.9 Å². The average Bonchev–Trinajstić information content (AvgIpc) is 2.36. The van der Waals surface area contributed by atoms with Crippen molar-refractivity contribution in [3.63, 3.8) is 0 Å². The van der Waals surface area contributed by atoms with Gasteiger partial charge >= 0.3 is 0 Å². The van der Waals surface area contributed by atoms with E-state index in [1.807, 2.05) is 37.3 Å². The number of benzene rings is 2. The number of nitrogens with two attached hydrogens (primary N) is 1. The number of aryl methyl sites for hydroxylation is 1. The predicted octanol–water partition coefficient (Wildman–Crippen LogP) is 4.85. The van der Waals surface area contributed by atoms with Gasteiger partial charge in [0, 0.05) is 10.5 Å². The third-order valence-corrected chi connectivity index (χ3v) is 4.08. The van der Waals surface area contributed by atoms with Crippen LogP contribution < -0.4 is 15.8 Å². The third-order valence-electron chi connectivity index (χ3n) is 2.81. The van der Waals surface area contributed by atoms with Gasteiger partial charge in [-0.15, -0.1) is 0 Å². The molecule has 5 heteroatoms. The van der Waals surface area contributed by atoms with E-state index < -0.39 is 0 Å². The number of hydrogen-bond acceptors (Lipinski definition) is 3. The number of halogens is 2. The summed E-state index contributed by atoms with van der Waals surface area (Å²) < 4.78 is 7.13. The van der Waals surface area contributed by atoms with Crippen LogP contribution in [0.2, 0.25) is 0 Å². The van der Waals surface area contributed by atoms with Gasteiger partial charge < -0.3 is 15.8 Å². The first-order chi connectivity index (χ1) is 9.02.